The molecule has 0 bridgehead atoms. The zero-order valence-corrected chi connectivity index (χ0v) is 10.1. The van der Waals surface area contributed by atoms with Gasteiger partial charge in [0, 0.05) is 28.1 Å². The Morgan fingerprint density at radius 1 is 1.29 bits per heavy atom. The van der Waals surface area contributed by atoms with Crippen molar-refractivity contribution >= 4 is 26.8 Å². The summed E-state index contributed by atoms with van der Waals surface area (Å²) < 4.78 is 3.49. The van der Waals surface area contributed by atoms with Crippen LogP contribution in [0.3, 0.4) is 0 Å². The van der Waals surface area contributed by atoms with Crippen molar-refractivity contribution in [2.24, 2.45) is 5.92 Å². The molecule has 14 heavy (non-hydrogen) atoms. The highest BCUT2D eigenvalue weighted by molar-refractivity contribution is 9.10. The maximum atomic E-state index is 3.56. The third-order valence-corrected chi connectivity index (χ3v) is 3.01. The van der Waals surface area contributed by atoms with Crippen LogP contribution in [0.25, 0.3) is 10.9 Å². The first-order chi connectivity index (χ1) is 6.68. The molecule has 0 saturated heterocycles. The van der Waals surface area contributed by atoms with Gasteiger partial charge in [-0.1, -0.05) is 35.8 Å². The molecule has 0 radical (unpaired) electrons. The van der Waals surface area contributed by atoms with Crippen molar-refractivity contribution in [3.05, 3.63) is 34.9 Å². The minimum absolute atomic E-state index is 0.685. The Bertz CT molecular complexity index is 443. The zero-order chi connectivity index (χ0) is 10.1. The third-order valence-electron chi connectivity index (χ3n) is 2.32. The molecule has 0 unspecified atom stereocenters. The van der Waals surface area contributed by atoms with Gasteiger partial charge in [0.2, 0.25) is 0 Å². The van der Waals surface area contributed by atoms with E-state index in [1.807, 2.05) is 0 Å². The average Bonchev–Trinajstić information content (AvgIpc) is 2.49. The predicted molar refractivity (Wildman–Crippen MR) is 64.5 cm³/mol. The molecule has 0 aliphatic carbocycles. The summed E-state index contributed by atoms with van der Waals surface area (Å²) in [6, 6.07) is 8.51. The van der Waals surface area contributed by atoms with Gasteiger partial charge in [-0.25, -0.2) is 0 Å². The molecule has 0 amide bonds. The monoisotopic (exact) mass is 251 g/mol. The van der Waals surface area contributed by atoms with Gasteiger partial charge in [0.1, 0.15) is 0 Å². The lowest BCUT2D eigenvalue weighted by Crippen LogP contribution is -2.02. The Balaban J connectivity index is 2.52. The van der Waals surface area contributed by atoms with E-state index in [1.165, 1.54) is 15.4 Å². The van der Waals surface area contributed by atoms with Gasteiger partial charge in [0.05, 0.1) is 0 Å². The SMILES string of the molecule is CC(C)Cn1ccc2c(Br)cccc21. The van der Waals surface area contributed by atoms with Crippen molar-refractivity contribution < 1.29 is 0 Å². The highest BCUT2D eigenvalue weighted by Gasteiger charge is 2.04. The van der Waals surface area contributed by atoms with Gasteiger partial charge in [-0.3, -0.25) is 0 Å². The van der Waals surface area contributed by atoms with Crippen LogP contribution >= 0.6 is 15.9 Å². The molecule has 1 aromatic carbocycles. The van der Waals surface area contributed by atoms with Gasteiger partial charge in [-0.2, -0.15) is 0 Å². The average molecular weight is 252 g/mol. The van der Waals surface area contributed by atoms with Crippen LogP contribution in [0.4, 0.5) is 0 Å². The lowest BCUT2D eigenvalue weighted by molar-refractivity contribution is 0.535. The maximum Gasteiger partial charge on any atom is 0.0491 e. The van der Waals surface area contributed by atoms with Gasteiger partial charge in [0.15, 0.2) is 0 Å². The van der Waals surface area contributed by atoms with Gasteiger partial charge < -0.3 is 4.57 Å². The van der Waals surface area contributed by atoms with E-state index < -0.39 is 0 Å². The van der Waals surface area contributed by atoms with Gasteiger partial charge in [-0.15, -0.1) is 0 Å². The molecule has 0 spiro atoms. The minimum Gasteiger partial charge on any atom is -0.347 e. The molecule has 0 aliphatic heterocycles. The second-order valence-electron chi connectivity index (χ2n) is 4.03. The van der Waals surface area contributed by atoms with Crippen LogP contribution in [0.5, 0.6) is 0 Å². The fourth-order valence-electron chi connectivity index (χ4n) is 1.74. The summed E-state index contributed by atoms with van der Waals surface area (Å²) in [6.07, 6.45) is 2.16. The quantitative estimate of drug-likeness (QED) is 0.759. The molecule has 2 rings (SSSR count). The first-order valence-electron chi connectivity index (χ1n) is 4.92. The van der Waals surface area contributed by atoms with Crippen molar-refractivity contribution in [1.29, 1.82) is 0 Å². The van der Waals surface area contributed by atoms with Crippen molar-refractivity contribution in [2.45, 2.75) is 20.4 Å². The van der Waals surface area contributed by atoms with Crippen LogP contribution in [0.1, 0.15) is 13.8 Å². The lowest BCUT2D eigenvalue weighted by atomic mass is 10.2. The second kappa shape index (κ2) is 3.77. The van der Waals surface area contributed by atoms with E-state index in [0.29, 0.717) is 5.92 Å². The normalized spacial score (nSPS) is 11.4. The van der Waals surface area contributed by atoms with E-state index in [-0.39, 0.29) is 0 Å². The summed E-state index contributed by atoms with van der Waals surface area (Å²) in [6.45, 7) is 5.56. The highest BCUT2D eigenvalue weighted by atomic mass is 79.9. The molecule has 74 valence electrons. The molecule has 2 heteroatoms. The first kappa shape index (κ1) is 9.78. The number of aromatic nitrogens is 1. The second-order valence-corrected chi connectivity index (χ2v) is 4.89. The van der Waals surface area contributed by atoms with Crippen molar-refractivity contribution in [1.82, 2.24) is 4.57 Å². The minimum atomic E-state index is 0.685. The Labute approximate surface area is 92.9 Å². The summed E-state index contributed by atoms with van der Waals surface area (Å²) >= 11 is 3.56. The van der Waals surface area contributed by atoms with E-state index in [1.54, 1.807) is 0 Å². The van der Waals surface area contributed by atoms with Crippen LogP contribution in [-0.2, 0) is 6.54 Å². The van der Waals surface area contributed by atoms with Crippen molar-refractivity contribution in [3.63, 3.8) is 0 Å². The van der Waals surface area contributed by atoms with Crippen LogP contribution in [-0.4, -0.2) is 4.57 Å². The molecule has 0 N–H and O–H groups in total. The number of nitrogens with zero attached hydrogens (tertiary/aromatic N) is 1. The number of fused-ring (bicyclic) bond motifs is 1. The fraction of sp³-hybridized carbons (Fsp3) is 0.333. The Morgan fingerprint density at radius 3 is 2.79 bits per heavy atom. The molecule has 0 atom stereocenters. The number of benzene rings is 1. The fourth-order valence-corrected chi connectivity index (χ4v) is 2.23. The summed E-state index contributed by atoms with van der Waals surface area (Å²) in [5.41, 5.74) is 1.31. The predicted octanol–water partition coefficient (Wildman–Crippen LogP) is 4.06. The summed E-state index contributed by atoms with van der Waals surface area (Å²) in [4.78, 5) is 0. The van der Waals surface area contributed by atoms with Crippen LogP contribution in [0.2, 0.25) is 0 Å². The molecule has 1 nitrogen and oxygen atoms in total. The molecular formula is C12H14BrN. The Morgan fingerprint density at radius 2 is 2.07 bits per heavy atom. The molecule has 0 fully saturated rings. The van der Waals surface area contributed by atoms with Crippen LogP contribution < -0.4 is 0 Å². The summed E-state index contributed by atoms with van der Waals surface area (Å²) in [5, 5.41) is 1.30. The van der Waals surface area contributed by atoms with Gasteiger partial charge in [0.25, 0.3) is 0 Å². The molecule has 1 aromatic heterocycles. The maximum absolute atomic E-state index is 3.56. The summed E-state index contributed by atoms with van der Waals surface area (Å²) in [7, 11) is 0. The summed E-state index contributed by atoms with van der Waals surface area (Å²) in [5.74, 6) is 0.685. The van der Waals surface area contributed by atoms with Crippen LogP contribution in [0, 0.1) is 5.92 Å². The lowest BCUT2D eigenvalue weighted by Gasteiger charge is -2.08. The van der Waals surface area contributed by atoms with Crippen molar-refractivity contribution in [3.8, 4) is 0 Å². The number of halogens is 1. The van der Waals surface area contributed by atoms with E-state index in [2.05, 4.69) is 64.8 Å². The standard InChI is InChI=1S/C12H14BrN/c1-9(2)8-14-7-6-10-11(13)4-3-5-12(10)14/h3-7,9H,8H2,1-2H3. The zero-order valence-electron chi connectivity index (χ0n) is 8.50. The van der Waals surface area contributed by atoms with E-state index in [4.69, 9.17) is 0 Å². The number of rotatable bonds is 2. The molecule has 1 heterocycles. The Hall–Kier alpha value is -0.760. The Kier molecular flexibility index (Phi) is 2.64. The topological polar surface area (TPSA) is 4.93 Å². The van der Waals surface area contributed by atoms with Crippen molar-refractivity contribution in [2.75, 3.05) is 0 Å². The highest BCUT2D eigenvalue weighted by Crippen LogP contribution is 2.25. The molecule has 2 aromatic rings. The van der Waals surface area contributed by atoms with Gasteiger partial charge >= 0.3 is 0 Å². The molecular weight excluding hydrogens is 238 g/mol. The third kappa shape index (κ3) is 1.71. The van der Waals surface area contributed by atoms with E-state index in [9.17, 15) is 0 Å². The molecule has 0 saturated carbocycles. The first-order valence-corrected chi connectivity index (χ1v) is 5.71. The smallest absolute Gasteiger partial charge is 0.0491 e. The number of hydrogen-bond donors (Lipinski definition) is 0. The van der Waals surface area contributed by atoms with Gasteiger partial charge in [-0.05, 0) is 24.1 Å². The largest absolute Gasteiger partial charge is 0.347 e. The van der Waals surface area contributed by atoms with Crippen LogP contribution in [0.15, 0.2) is 34.9 Å². The van der Waals surface area contributed by atoms with E-state index in [0.717, 1.165) is 6.54 Å². The molecule has 0 aliphatic rings. The number of hydrogen-bond acceptors (Lipinski definition) is 0. The van der Waals surface area contributed by atoms with E-state index >= 15 is 0 Å².